The number of aliphatic imine (C=N–C) groups is 1. The molecule has 41 heavy (non-hydrogen) atoms. The van der Waals surface area contributed by atoms with Crippen molar-refractivity contribution < 1.29 is 33.3 Å². The van der Waals surface area contributed by atoms with Gasteiger partial charge in [-0.25, -0.2) is 9.79 Å². The summed E-state index contributed by atoms with van der Waals surface area (Å²) in [5.41, 5.74) is 6.13. The number of methoxy groups -OCH3 is 1. The van der Waals surface area contributed by atoms with E-state index in [1.165, 1.54) is 14.0 Å². The molecule has 10 nitrogen and oxygen atoms in total. The first kappa shape index (κ1) is 30.5. The Bertz CT molecular complexity index is 1270. The van der Waals surface area contributed by atoms with Gasteiger partial charge >= 0.3 is 11.9 Å². The number of halogens is 1. The molecule has 2 aromatic rings. The third-order valence-corrected chi connectivity index (χ3v) is 7.43. The molecule has 0 aromatic heterocycles. The lowest BCUT2D eigenvalue weighted by molar-refractivity contribution is -0.171. The second kappa shape index (κ2) is 13.5. The summed E-state index contributed by atoms with van der Waals surface area (Å²) in [6.45, 7) is 3.75. The number of ether oxygens (including phenoxy) is 4. The lowest BCUT2D eigenvalue weighted by atomic mass is 9.92. The topological polar surface area (TPSA) is 130 Å². The van der Waals surface area contributed by atoms with E-state index < -0.39 is 47.7 Å². The fraction of sp³-hybridized carbons (Fsp3) is 0.467. The van der Waals surface area contributed by atoms with Crippen LogP contribution in [0.25, 0.3) is 0 Å². The summed E-state index contributed by atoms with van der Waals surface area (Å²) in [5, 5.41) is 0.536. The van der Waals surface area contributed by atoms with Gasteiger partial charge in [-0.15, -0.1) is 0 Å². The number of carbonyl (C=O) groups excluding carboxylic acids is 3. The van der Waals surface area contributed by atoms with Gasteiger partial charge in [0, 0.05) is 18.0 Å². The van der Waals surface area contributed by atoms with Crippen molar-refractivity contribution >= 4 is 35.3 Å². The molecule has 0 saturated carbocycles. The van der Waals surface area contributed by atoms with Crippen LogP contribution in [0.1, 0.15) is 37.8 Å². The van der Waals surface area contributed by atoms with Gasteiger partial charge < -0.3 is 29.6 Å². The van der Waals surface area contributed by atoms with Gasteiger partial charge in [-0.1, -0.05) is 54.1 Å². The average Bonchev–Trinajstić information content (AvgIpc) is 3.62. The van der Waals surface area contributed by atoms with Crippen LogP contribution in [0.5, 0.6) is 0 Å². The Morgan fingerprint density at radius 1 is 1.15 bits per heavy atom. The van der Waals surface area contributed by atoms with Crippen molar-refractivity contribution in [3.05, 3.63) is 70.7 Å². The van der Waals surface area contributed by atoms with Crippen molar-refractivity contribution in [2.24, 2.45) is 10.7 Å². The van der Waals surface area contributed by atoms with Crippen molar-refractivity contribution in [2.75, 3.05) is 20.3 Å². The highest BCUT2D eigenvalue weighted by molar-refractivity contribution is 6.30. The van der Waals surface area contributed by atoms with Crippen LogP contribution in [0.3, 0.4) is 0 Å². The molecule has 5 atom stereocenters. The largest absolute Gasteiger partial charge is 0.476 e. The Labute approximate surface area is 244 Å². The molecule has 1 unspecified atom stereocenters. The van der Waals surface area contributed by atoms with Crippen LogP contribution in [0.4, 0.5) is 0 Å². The summed E-state index contributed by atoms with van der Waals surface area (Å²) < 4.78 is 22.6. The Morgan fingerprint density at radius 3 is 2.56 bits per heavy atom. The smallest absolute Gasteiger partial charge is 0.337 e. The third kappa shape index (κ3) is 7.25. The summed E-state index contributed by atoms with van der Waals surface area (Å²) in [6.07, 6.45) is -0.562. The predicted octanol–water partition coefficient (Wildman–Crippen LogP) is 3.08. The van der Waals surface area contributed by atoms with Crippen LogP contribution in [0.15, 0.2) is 59.6 Å². The molecule has 1 fully saturated rings. The first-order chi connectivity index (χ1) is 19.6. The number of hydrogen-bond acceptors (Lipinski definition) is 9. The fourth-order valence-corrected chi connectivity index (χ4v) is 5.21. The van der Waals surface area contributed by atoms with Crippen LogP contribution in [0, 0.1) is 0 Å². The van der Waals surface area contributed by atoms with E-state index in [1.807, 2.05) is 36.4 Å². The standard InChI is InChI=1S/C30H36ClN3O7/c1-19(32)28(36)41-25(20(2)39-17-21-9-5-4-6-10-21)27(35)34-14-8-13-24(34)26-33-30(18-40-26,29(37)38-3)16-22-11-7-12-23(31)15-22/h4-7,9-12,15,19-20,24-25H,8,13-14,16-18,32H2,1-3H3/t19-,20?,24-,25-,30+/m0/s1. The van der Waals surface area contributed by atoms with Crippen LogP contribution in [-0.4, -0.2) is 78.7 Å². The maximum atomic E-state index is 13.9. The van der Waals surface area contributed by atoms with Crippen molar-refractivity contribution in [2.45, 2.75) is 69.5 Å². The van der Waals surface area contributed by atoms with Gasteiger partial charge in [0.25, 0.3) is 5.91 Å². The van der Waals surface area contributed by atoms with Gasteiger partial charge in [-0.2, -0.15) is 0 Å². The SMILES string of the molecule is COC(=O)[C@@]1(Cc2cccc(Cl)c2)COC([C@@H]2CCCN2C(=O)[C@@H](OC(=O)[C@H](C)N)C(C)OCc2ccccc2)=N1. The van der Waals surface area contributed by atoms with E-state index in [4.69, 9.17) is 41.3 Å². The number of likely N-dealkylation sites (tertiary alicyclic amines) is 1. The van der Waals surface area contributed by atoms with Gasteiger partial charge in [0.15, 0.2) is 5.54 Å². The van der Waals surface area contributed by atoms with Crippen LogP contribution in [0.2, 0.25) is 5.02 Å². The van der Waals surface area contributed by atoms with Gasteiger partial charge in [0.2, 0.25) is 12.0 Å². The minimum absolute atomic E-state index is 0.0419. The molecule has 2 N–H and O–H groups in total. The van der Waals surface area contributed by atoms with Gasteiger partial charge in [-0.05, 0) is 49.9 Å². The molecule has 2 heterocycles. The predicted molar refractivity (Wildman–Crippen MR) is 152 cm³/mol. The summed E-state index contributed by atoms with van der Waals surface area (Å²) in [7, 11) is 1.30. The molecule has 11 heteroatoms. The second-order valence-electron chi connectivity index (χ2n) is 10.4. The molecule has 2 aliphatic rings. The summed E-state index contributed by atoms with van der Waals surface area (Å²) in [6, 6.07) is 15.2. The maximum absolute atomic E-state index is 13.9. The lowest BCUT2D eigenvalue weighted by Crippen LogP contribution is -2.51. The van der Waals surface area contributed by atoms with Crippen LogP contribution in [-0.2, 0) is 46.4 Å². The average molecular weight is 586 g/mol. The maximum Gasteiger partial charge on any atom is 0.337 e. The highest BCUT2D eigenvalue weighted by Crippen LogP contribution is 2.31. The molecular formula is C30H36ClN3O7. The zero-order chi connectivity index (χ0) is 29.6. The van der Waals surface area contributed by atoms with Crippen LogP contribution >= 0.6 is 11.6 Å². The molecule has 0 spiro atoms. The second-order valence-corrected chi connectivity index (χ2v) is 10.8. The zero-order valence-corrected chi connectivity index (χ0v) is 24.2. The third-order valence-electron chi connectivity index (χ3n) is 7.20. The molecule has 4 rings (SSSR count). The van der Waals surface area contributed by atoms with Crippen LogP contribution < -0.4 is 5.73 Å². The van der Waals surface area contributed by atoms with E-state index in [0.717, 1.165) is 11.1 Å². The quantitative estimate of drug-likeness (QED) is 0.398. The fourth-order valence-electron chi connectivity index (χ4n) is 5.00. The first-order valence-corrected chi connectivity index (χ1v) is 14.0. The van der Waals surface area contributed by atoms with Crippen molar-refractivity contribution in [1.29, 1.82) is 0 Å². The molecule has 2 aromatic carbocycles. The lowest BCUT2D eigenvalue weighted by Gasteiger charge is -2.31. The Morgan fingerprint density at radius 2 is 1.88 bits per heavy atom. The Hall–Kier alpha value is -3.47. The Kier molecular flexibility index (Phi) is 10.0. The van der Waals surface area contributed by atoms with E-state index in [9.17, 15) is 14.4 Å². The summed E-state index contributed by atoms with van der Waals surface area (Å²) >= 11 is 6.16. The number of carbonyl (C=O) groups is 3. The van der Waals surface area contributed by atoms with Crippen molar-refractivity contribution in [1.82, 2.24) is 4.90 Å². The van der Waals surface area contributed by atoms with Crippen molar-refractivity contribution in [3.8, 4) is 0 Å². The van der Waals surface area contributed by atoms with Gasteiger partial charge in [0.1, 0.15) is 24.8 Å². The van der Waals surface area contributed by atoms with E-state index in [-0.39, 0.29) is 25.5 Å². The molecular weight excluding hydrogens is 550 g/mol. The molecule has 0 aliphatic carbocycles. The monoisotopic (exact) mass is 585 g/mol. The molecule has 0 radical (unpaired) electrons. The van der Waals surface area contributed by atoms with E-state index in [0.29, 0.717) is 24.4 Å². The Balaban J connectivity index is 1.56. The number of nitrogens with zero attached hydrogens (tertiary/aromatic N) is 2. The highest BCUT2D eigenvalue weighted by atomic mass is 35.5. The number of benzene rings is 2. The molecule has 2 aliphatic heterocycles. The minimum atomic E-state index is -1.32. The molecule has 1 saturated heterocycles. The molecule has 1 amide bonds. The first-order valence-electron chi connectivity index (χ1n) is 13.6. The normalized spacial score (nSPS) is 22.3. The highest BCUT2D eigenvalue weighted by Gasteiger charge is 2.49. The number of rotatable bonds is 11. The molecule has 0 bridgehead atoms. The zero-order valence-electron chi connectivity index (χ0n) is 23.5. The summed E-state index contributed by atoms with van der Waals surface area (Å²) in [4.78, 5) is 45.7. The van der Waals surface area contributed by atoms with E-state index in [1.54, 1.807) is 30.0 Å². The number of hydrogen-bond donors (Lipinski definition) is 1. The van der Waals surface area contributed by atoms with Gasteiger partial charge in [0.05, 0.1) is 13.7 Å². The van der Waals surface area contributed by atoms with E-state index >= 15 is 0 Å². The summed E-state index contributed by atoms with van der Waals surface area (Å²) in [5.74, 6) is -1.44. The van der Waals surface area contributed by atoms with E-state index in [2.05, 4.69) is 0 Å². The minimum Gasteiger partial charge on any atom is -0.476 e. The number of esters is 2. The van der Waals surface area contributed by atoms with Crippen molar-refractivity contribution in [3.63, 3.8) is 0 Å². The van der Waals surface area contributed by atoms with Gasteiger partial charge in [-0.3, -0.25) is 9.59 Å². The molecule has 220 valence electrons. The number of nitrogens with two attached hydrogens (primary N) is 1. The number of amides is 1.